The minimum atomic E-state index is -0.482. The molecule has 0 saturated heterocycles. The molecule has 0 aliphatic rings. The van der Waals surface area contributed by atoms with E-state index in [-0.39, 0.29) is 24.0 Å². The molecule has 7 nitrogen and oxygen atoms in total. The molecule has 0 aliphatic heterocycles. The maximum Gasteiger partial charge on any atom is 0.411 e. The summed E-state index contributed by atoms with van der Waals surface area (Å²) in [5.41, 5.74) is 2.82. The van der Waals surface area contributed by atoms with Crippen LogP contribution in [0.25, 0.3) is 0 Å². The third-order valence-electron chi connectivity index (χ3n) is 3.49. The smallest absolute Gasteiger partial charge is 0.411 e. The summed E-state index contributed by atoms with van der Waals surface area (Å²) < 4.78 is 4.56. The van der Waals surface area contributed by atoms with Crippen molar-refractivity contribution < 1.29 is 9.53 Å². The van der Waals surface area contributed by atoms with Crippen molar-refractivity contribution in [3.05, 3.63) is 45.4 Å². The number of anilines is 1. The van der Waals surface area contributed by atoms with Gasteiger partial charge in [0, 0.05) is 24.2 Å². The first kappa shape index (κ1) is 22.2. The lowest BCUT2D eigenvalue weighted by atomic mass is 10.2. The summed E-state index contributed by atoms with van der Waals surface area (Å²) >= 11 is 1.69. The zero-order valence-corrected chi connectivity index (χ0v) is 18.4. The standard InChI is InChI=1S/C17H23N5O2S.HI/c1-11-15(25-12(2)21-11)10-20-16(18-3)19-9-13-5-7-14(8-6-13)22-17(23)24-4;/h5-8H,9-10H2,1-4H3,(H,22,23)(H2,18,19,20);1H. The number of aliphatic imine (C=N–C) groups is 1. The van der Waals surface area contributed by atoms with Crippen LogP contribution >= 0.6 is 35.3 Å². The molecule has 0 unspecified atom stereocenters. The molecule has 2 aromatic rings. The summed E-state index contributed by atoms with van der Waals surface area (Å²) in [5.74, 6) is 0.724. The molecule has 1 amide bonds. The van der Waals surface area contributed by atoms with Crippen molar-refractivity contribution in [1.29, 1.82) is 0 Å². The summed E-state index contributed by atoms with van der Waals surface area (Å²) in [6, 6.07) is 7.52. The minimum absolute atomic E-state index is 0. The molecule has 0 radical (unpaired) electrons. The topological polar surface area (TPSA) is 87.6 Å². The van der Waals surface area contributed by atoms with E-state index in [4.69, 9.17) is 0 Å². The Kier molecular flexibility index (Phi) is 9.35. The van der Waals surface area contributed by atoms with Gasteiger partial charge >= 0.3 is 6.09 Å². The second-order valence-corrected chi connectivity index (χ2v) is 6.62. The maximum atomic E-state index is 11.2. The Morgan fingerprint density at radius 3 is 2.38 bits per heavy atom. The van der Waals surface area contributed by atoms with Crippen LogP contribution in [-0.4, -0.2) is 31.2 Å². The van der Waals surface area contributed by atoms with Gasteiger partial charge in [0.1, 0.15) is 0 Å². The Bertz CT molecular complexity index is 746. The molecular weight excluding hydrogens is 465 g/mol. The number of aryl methyl sites for hydroxylation is 2. The number of ether oxygens (including phenoxy) is 1. The average Bonchev–Trinajstić information content (AvgIpc) is 2.93. The molecule has 1 aromatic heterocycles. The van der Waals surface area contributed by atoms with Gasteiger partial charge < -0.3 is 15.4 Å². The van der Waals surface area contributed by atoms with Crippen molar-refractivity contribution in [2.24, 2.45) is 4.99 Å². The third kappa shape index (κ3) is 6.79. The molecule has 1 aromatic carbocycles. The molecule has 0 fully saturated rings. The number of halogens is 1. The Morgan fingerprint density at radius 2 is 1.85 bits per heavy atom. The van der Waals surface area contributed by atoms with E-state index in [2.05, 4.69) is 30.7 Å². The number of aromatic nitrogens is 1. The molecule has 0 atom stereocenters. The largest absolute Gasteiger partial charge is 0.453 e. The maximum absolute atomic E-state index is 11.2. The number of hydrogen-bond donors (Lipinski definition) is 3. The van der Waals surface area contributed by atoms with Gasteiger partial charge in [0.15, 0.2) is 5.96 Å². The van der Waals surface area contributed by atoms with Gasteiger partial charge in [-0.25, -0.2) is 9.78 Å². The van der Waals surface area contributed by atoms with Crippen LogP contribution in [0.2, 0.25) is 0 Å². The molecule has 0 saturated carbocycles. The van der Waals surface area contributed by atoms with Crippen LogP contribution in [0.4, 0.5) is 10.5 Å². The van der Waals surface area contributed by atoms with Gasteiger partial charge in [-0.05, 0) is 31.5 Å². The van der Waals surface area contributed by atoms with Crippen LogP contribution in [0.15, 0.2) is 29.3 Å². The van der Waals surface area contributed by atoms with Gasteiger partial charge in [-0.1, -0.05) is 12.1 Å². The number of guanidine groups is 1. The second-order valence-electron chi connectivity index (χ2n) is 5.33. The van der Waals surface area contributed by atoms with Gasteiger partial charge in [-0.2, -0.15) is 0 Å². The summed E-state index contributed by atoms with van der Waals surface area (Å²) in [4.78, 5) is 21.0. The Labute approximate surface area is 174 Å². The van der Waals surface area contributed by atoms with Crippen molar-refractivity contribution >= 4 is 53.1 Å². The van der Waals surface area contributed by atoms with Crippen LogP contribution in [-0.2, 0) is 17.8 Å². The van der Waals surface area contributed by atoms with Crippen molar-refractivity contribution in [2.75, 3.05) is 19.5 Å². The first-order chi connectivity index (χ1) is 12.0. The predicted molar refractivity (Wildman–Crippen MR) is 117 cm³/mol. The lowest BCUT2D eigenvalue weighted by molar-refractivity contribution is 0.187. The number of methoxy groups -OCH3 is 1. The summed E-state index contributed by atoms with van der Waals surface area (Å²) in [6.45, 7) is 5.34. The number of nitrogens with zero attached hydrogens (tertiary/aromatic N) is 2. The van der Waals surface area contributed by atoms with E-state index in [1.54, 1.807) is 18.4 Å². The van der Waals surface area contributed by atoms with Gasteiger partial charge in [-0.15, -0.1) is 35.3 Å². The number of nitrogens with one attached hydrogen (secondary N) is 3. The average molecular weight is 489 g/mol. The van der Waals surface area contributed by atoms with E-state index in [9.17, 15) is 4.79 Å². The molecule has 0 bridgehead atoms. The molecule has 26 heavy (non-hydrogen) atoms. The highest BCUT2D eigenvalue weighted by Gasteiger charge is 2.06. The molecule has 3 N–H and O–H groups in total. The highest BCUT2D eigenvalue weighted by molar-refractivity contribution is 14.0. The quantitative estimate of drug-likeness (QED) is 0.341. The first-order valence-corrected chi connectivity index (χ1v) is 8.64. The second kappa shape index (κ2) is 11.0. The first-order valence-electron chi connectivity index (χ1n) is 7.83. The molecule has 1 heterocycles. The fraction of sp³-hybridized carbons (Fsp3) is 0.353. The fourth-order valence-electron chi connectivity index (χ4n) is 2.18. The number of hydrogen-bond acceptors (Lipinski definition) is 5. The highest BCUT2D eigenvalue weighted by Crippen LogP contribution is 2.16. The van der Waals surface area contributed by atoms with Crippen molar-refractivity contribution in [3.63, 3.8) is 0 Å². The van der Waals surface area contributed by atoms with Crippen LogP contribution in [0.3, 0.4) is 0 Å². The van der Waals surface area contributed by atoms with Crippen LogP contribution in [0.5, 0.6) is 0 Å². The lowest BCUT2D eigenvalue weighted by Gasteiger charge is -2.12. The lowest BCUT2D eigenvalue weighted by Crippen LogP contribution is -2.36. The molecule has 0 spiro atoms. The minimum Gasteiger partial charge on any atom is -0.453 e. The summed E-state index contributed by atoms with van der Waals surface area (Å²) in [7, 11) is 3.07. The third-order valence-corrected chi connectivity index (χ3v) is 4.56. The number of benzene rings is 1. The Balaban J connectivity index is 0.00000338. The Hall–Kier alpha value is -1.88. The van der Waals surface area contributed by atoms with Crippen molar-refractivity contribution in [3.8, 4) is 0 Å². The Morgan fingerprint density at radius 1 is 1.19 bits per heavy atom. The van der Waals surface area contributed by atoms with E-state index < -0.39 is 6.09 Å². The number of thiazole rings is 1. The zero-order chi connectivity index (χ0) is 18.2. The van der Waals surface area contributed by atoms with Gasteiger partial charge in [-0.3, -0.25) is 10.3 Å². The van der Waals surface area contributed by atoms with Crippen molar-refractivity contribution in [2.45, 2.75) is 26.9 Å². The molecule has 9 heteroatoms. The molecular formula is C17H24IN5O2S. The number of carbonyl (C=O) groups excluding carboxylic acids is 1. The monoisotopic (exact) mass is 489 g/mol. The molecule has 0 aliphatic carbocycles. The predicted octanol–water partition coefficient (Wildman–Crippen LogP) is 3.42. The van der Waals surface area contributed by atoms with Gasteiger partial charge in [0.05, 0.1) is 24.4 Å². The van der Waals surface area contributed by atoms with Crippen LogP contribution in [0, 0.1) is 13.8 Å². The van der Waals surface area contributed by atoms with E-state index >= 15 is 0 Å². The highest BCUT2D eigenvalue weighted by atomic mass is 127. The summed E-state index contributed by atoms with van der Waals surface area (Å²) in [5, 5.41) is 10.2. The zero-order valence-electron chi connectivity index (χ0n) is 15.3. The normalized spacial score (nSPS) is 10.7. The van der Waals surface area contributed by atoms with E-state index in [0.29, 0.717) is 18.8 Å². The molecule has 2 rings (SSSR count). The van der Waals surface area contributed by atoms with E-state index in [1.165, 1.54) is 12.0 Å². The van der Waals surface area contributed by atoms with E-state index in [1.807, 2.05) is 38.1 Å². The molecule has 142 valence electrons. The van der Waals surface area contributed by atoms with Crippen molar-refractivity contribution in [1.82, 2.24) is 15.6 Å². The SMILES string of the molecule is CN=C(NCc1ccc(NC(=O)OC)cc1)NCc1sc(C)nc1C.I. The fourth-order valence-corrected chi connectivity index (χ4v) is 3.06. The van der Waals surface area contributed by atoms with Crippen LogP contribution in [0.1, 0.15) is 21.1 Å². The number of amides is 1. The van der Waals surface area contributed by atoms with Crippen LogP contribution < -0.4 is 16.0 Å². The van der Waals surface area contributed by atoms with Gasteiger partial charge in [0.2, 0.25) is 0 Å². The summed E-state index contributed by atoms with van der Waals surface area (Å²) in [6.07, 6.45) is -0.482. The number of rotatable bonds is 5. The van der Waals surface area contributed by atoms with E-state index in [0.717, 1.165) is 22.2 Å². The number of carbonyl (C=O) groups is 1. The van der Waals surface area contributed by atoms with Gasteiger partial charge in [0.25, 0.3) is 0 Å².